The smallest absolute Gasteiger partial charge is 0.0588 e. The van der Waals surface area contributed by atoms with Crippen molar-refractivity contribution in [1.82, 2.24) is 10.2 Å². The van der Waals surface area contributed by atoms with E-state index in [1.54, 1.807) is 0 Å². The van der Waals surface area contributed by atoms with Crippen molar-refractivity contribution in [2.24, 2.45) is 5.92 Å². The van der Waals surface area contributed by atoms with Crippen LogP contribution >= 0.6 is 15.9 Å². The van der Waals surface area contributed by atoms with Gasteiger partial charge in [0.2, 0.25) is 0 Å². The summed E-state index contributed by atoms with van der Waals surface area (Å²) in [7, 11) is 0. The van der Waals surface area contributed by atoms with Gasteiger partial charge in [-0.2, -0.15) is 0 Å². The van der Waals surface area contributed by atoms with Crippen molar-refractivity contribution in [3.63, 3.8) is 0 Å². The van der Waals surface area contributed by atoms with E-state index in [0.29, 0.717) is 5.92 Å². The second-order valence-electron chi connectivity index (χ2n) is 6.11. The number of hydrogen-bond acceptors (Lipinski definition) is 3. The van der Waals surface area contributed by atoms with E-state index in [1.807, 2.05) is 0 Å². The van der Waals surface area contributed by atoms with Gasteiger partial charge >= 0.3 is 0 Å². The molecule has 1 aromatic rings. The maximum atomic E-state index is 5.59. The van der Waals surface area contributed by atoms with E-state index in [9.17, 15) is 0 Å². The maximum absolute atomic E-state index is 5.59. The Labute approximate surface area is 129 Å². The Hall–Kier alpha value is -0.420. The van der Waals surface area contributed by atoms with Crippen molar-refractivity contribution in [2.45, 2.75) is 12.3 Å². The number of nitrogens with one attached hydrogen (secondary N) is 1. The van der Waals surface area contributed by atoms with Crippen LogP contribution < -0.4 is 5.32 Å². The number of benzene rings is 1. The van der Waals surface area contributed by atoms with E-state index in [4.69, 9.17) is 4.74 Å². The molecule has 1 aromatic carbocycles. The number of ether oxygens (including phenoxy) is 1. The van der Waals surface area contributed by atoms with Gasteiger partial charge in [-0.25, -0.2) is 0 Å². The minimum Gasteiger partial charge on any atom is -0.379 e. The molecule has 2 aliphatic heterocycles. The monoisotopic (exact) mass is 338 g/mol. The zero-order valence-electron chi connectivity index (χ0n) is 12.1. The predicted octanol–water partition coefficient (Wildman–Crippen LogP) is 2.26. The molecule has 1 N–H and O–H groups in total. The first kappa shape index (κ1) is 14.5. The number of nitrogens with zero attached hydrogens (tertiary/aromatic N) is 1. The molecule has 3 rings (SSSR count). The summed E-state index contributed by atoms with van der Waals surface area (Å²) in [6.45, 7) is 9.85. The lowest BCUT2D eigenvalue weighted by molar-refractivity contribution is -0.0926. The molecule has 0 radical (unpaired) electrons. The molecule has 110 valence electrons. The molecular weight excluding hydrogens is 316 g/mol. The van der Waals surface area contributed by atoms with Gasteiger partial charge in [-0.15, -0.1) is 0 Å². The normalized spacial score (nSPS) is 24.1. The van der Waals surface area contributed by atoms with Crippen LogP contribution in [0.2, 0.25) is 0 Å². The molecule has 4 heteroatoms. The Morgan fingerprint density at radius 3 is 2.45 bits per heavy atom. The second kappa shape index (κ2) is 6.14. The Bertz CT molecular complexity index is 438. The third-order valence-corrected chi connectivity index (χ3v) is 5.35. The Balaban J connectivity index is 1.72. The van der Waals surface area contributed by atoms with Gasteiger partial charge in [-0.05, 0) is 23.6 Å². The fourth-order valence-corrected chi connectivity index (χ4v) is 3.56. The predicted molar refractivity (Wildman–Crippen MR) is 85.1 cm³/mol. The molecule has 0 bridgehead atoms. The van der Waals surface area contributed by atoms with Crippen molar-refractivity contribution < 1.29 is 4.74 Å². The minimum absolute atomic E-state index is 0.214. The van der Waals surface area contributed by atoms with Gasteiger partial charge in [-0.3, -0.25) is 0 Å². The van der Waals surface area contributed by atoms with Crippen molar-refractivity contribution in [3.8, 4) is 0 Å². The van der Waals surface area contributed by atoms with Gasteiger partial charge < -0.3 is 15.0 Å². The summed E-state index contributed by atoms with van der Waals surface area (Å²) in [6.07, 6.45) is 0. The summed E-state index contributed by atoms with van der Waals surface area (Å²) >= 11 is 3.52. The second-order valence-corrected chi connectivity index (χ2v) is 7.02. The quantitative estimate of drug-likeness (QED) is 0.911. The first-order valence-electron chi connectivity index (χ1n) is 7.47. The lowest BCUT2D eigenvalue weighted by atomic mass is 9.69. The van der Waals surface area contributed by atoms with Crippen LogP contribution in [0.1, 0.15) is 12.5 Å². The van der Waals surface area contributed by atoms with Crippen molar-refractivity contribution in [2.75, 3.05) is 45.9 Å². The number of halogens is 1. The average molecular weight is 339 g/mol. The Kier molecular flexibility index (Phi) is 4.46. The zero-order valence-corrected chi connectivity index (χ0v) is 13.7. The molecule has 0 saturated carbocycles. The molecule has 3 nitrogen and oxygen atoms in total. The molecule has 0 aromatic heterocycles. The van der Waals surface area contributed by atoms with Crippen LogP contribution in [0.4, 0.5) is 0 Å². The lowest BCUT2D eigenvalue weighted by Crippen LogP contribution is -2.56. The highest BCUT2D eigenvalue weighted by Crippen LogP contribution is 2.40. The molecule has 0 aliphatic carbocycles. The van der Waals surface area contributed by atoms with Gasteiger partial charge in [0.1, 0.15) is 0 Å². The molecule has 0 spiro atoms. The van der Waals surface area contributed by atoms with Crippen LogP contribution in [0.15, 0.2) is 28.7 Å². The summed E-state index contributed by atoms with van der Waals surface area (Å²) in [5.74, 6) is 0.621. The first-order valence-corrected chi connectivity index (χ1v) is 8.27. The summed E-state index contributed by atoms with van der Waals surface area (Å²) in [6, 6.07) is 8.79. The van der Waals surface area contributed by atoms with Gasteiger partial charge in [0.15, 0.2) is 0 Å². The molecule has 20 heavy (non-hydrogen) atoms. The molecule has 0 amide bonds. The standard InChI is InChI=1S/C16H23BrN2O/c1-13(10-19-8-6-18-7-9-19)16(11-20-12-16)14-2-4-15(17)5-3-14/h2-5,13,18H,6-12H2,1H3. The summed E-state index contributed by atoms with van der Waals surface area (Å²) in [5, 5.41) is 3.42. The van der Waals surface area contributed by atoms with Crippen LogP contribution in [-0.2, 0) is 10.2 Å². The van der Waals surface area contributed by atoms with Gasteiger partial charge in [0.25, 0.3) is 0 Å². The van der Waals surface area contributed by atoms with Crippen LogP contribution in [-0.4, -0.2) is 50.8 Å². The average Bonchev–Trinajstić information content (AvgIpc) is 2.41. The Morgan fingerprint density at radius 1 is 1.25 bits per heavy atom. The van der Waals surface area contributed by atoms with E-state index in [-0.39, 0.29) is 5.41 Å². The van der Waals surface area contributed by atoms with E-state index in [0.717, 1.165) is 30.8 Å². The maximum Gasteiger partial charge on any atom is 0.0588 e. The van der Waals surface area contributed by atoms with E-state index in [2.05, 4.69) is 57.3 Å². The van der Waals surface area contributed by atoms with Crippen LogP contribution in [0, 0.1) is 5.92 Å². The zero-order chi connectivity index (χ0) is 14.0. The summed E-state index contributed by atoms with van der Waals surface area (Å²) < 4.78 is 6.74. The molecule has 1 atom stereocenters. The largest absolute Gasteiger partial charge is 0.379 e. The fraction of sp³-hybridized carbons (Fsp3) is 0.625. The highest BCUT2D eigenvalue weighted by molar-refractivity contribution is 9.10. The molecular formula is C16H23BrN2O. The molecule has 2 heterocycles. The number of piperazine rings is 1. The van der Waals surface area contributed by atoms with Crippen molar-refractivity contribution in [1.29, 1.82) is 0 Å². The fourth-order valence-electron chi connectivity index (χ4n) is 3.30. The third-order valence-electron chi connectivity index (χ3n) is 4.82. The SMILES string of the molecule is CC(CN1CCNCC1)C1(c2ccc(Br)cc2)COC1. The van der Waals surface area contributed by atoms with Crippen molar-refractivity contribution >= 4 is 15.9 Å². The van der Waals surface area contributed by atoms with E-state index in [1.165, 1.54) is 25.2 Å². The van der Waals surface area contributed by atoms with Gasteiger partial charge in [-0.1, -0.05) is 35.0 Å². The summed E-state index contributed by atoms with van der Waals surface area (Å²) in [5.41, 5.74) is 1.64. The van der Waals surface area contributed by atoms with E-state index < -0.39 is 0 Å². The molecule has 2 aliphatic rings. The Morgan fingerprint density at radius 2 is 1.90 bits per heavy atom. The highest BCUT2D eigenvalue weighted by atomic mass is 79.9. The first-order chi connectivity index (χ1) is 9.71. The van der Waals surface area contributed by atoms with Gasteiger partial charge in [0, 0.05) is 42.6 Å². The van der Waals surface area contributed by atoms with Crippen LogP contribution in [0.25, 0.3) is 0 Å². The molecule has 1 unspecified atom stereocenters. The topological polar surface area (TPSA) is 24.5 Å². The molecule has 2 saturated heterocycles. The minimum atomic E-state index is 0.214. The van der Waals surface area contributed by atoms with Crippen LogP contribution in [0.3, 0.4) is 0 Å². The molecule has 2 fully saturated rings. The third kappa shape index (κ3) is 2.80. The lowest BCUT2D eigenvalue weighted by Gasteiger charge is -2.48. The number of rotatable bonds is 4. The van der Waals surface area contributed by atoms with Crippen molar-refractivity contribution in [3.05, 3.63) is 34.3 Å². The van der Waals surface area contributed by atoms with Crippen LogP contribution in [0.5, 0.6) is 0 Å². The highest BCUT2D eigenvalue weighted by Gasteiger charge is 2.45. The number of hydrogen-bond donors (Lipinski definition) is 1. The van der Waals surface area contributed by atoms with Gasteiger partial charge in [0.05, 0.1) is 13.2 Å². The van der Waals surface area contributed by atoms with E-state index >= 15 is 0 Å². The summed E-state index contributed by atoms with van der Waals surface area (Å²) in [4.78, 5) is 2.58.